The number of nitrogens with one attached hydrogen (secondary N) is 1. The first-order chi connectivity index (χ1) is 8.57. The zero-order chi connectivity index (χ0) is 13.5. The highest BCUT2D eigenvalue weighted by Gasteiger charge is 2.10. The number of terminal acetylenes is 1. The Morgan fingerprint density at radius 2 is 2.39 bits per heavy atom. The van der Waals surface area contributed by atoms with Gasteiger partial charge in [0.15, 0.2) is 0 Å². The molecular formula is C12H16BrN3OS. The molecule has 18 heavy (non-hydrogen) atoms. The van der Waals surface area contributed by atoms with E-state index in [0.29, 0.717) is 10.2 Å². The Kier molecular flexibility index (Phi) is 6.30. The van der Waals surface area contributed by atoms with Crippen molar-refractivity contribution in [1.82, 2.24) is 9.78 Å². The monoisotopic (exact) mass is 329 g/mol. The second-order valence-corrected chi connectivity index (χ2v) is 5.80. The average Bonchev–Trinajstić information content (AvgIpc) is 2.33. The van der Waals surface area contributed by atoms with Crippen LogP contribution in [0.1, 0.15) is 19.9 Å². The van der Waals surface area contributed by atoms with Crippen LogP contribution >= 0.6 is 27.7 Å². The van der Waals surface area contributed by atoms with Crippen molar-refractivity contribution in [3.8, 4) is 12.3 Å². The lowest BCUT2D eigenvalue weighted by atomic mass is 10.4. The molecular weight excluding hydrogens is 314 g/mol. The van der Waals surface area contributed by atoms with E-state index < -0.39 is 0 Å². The number of hydrogen-bond acceptors (Lipinski definition) is 4. The second-order valence-electron chi connectivity index (χ2n) is 3.90. The van der Waals surface area contributed by atoms with E-state index in [4.69, 9.17) is 6.42 Å². The largest absolute Gasteiger partial charge is 0.382 e. The predicted molar refractivity (Wildman–Crippen MR) is 81.2 cm³/mol. The predicted octanol–water partition coefficient (Wildman–Crippen LogP) is 2.37. The number of anilines is 1. The zero-order valence-corrected chi connectivity index (χ0v) is 12.8. The molecule has 4 nitrogen and oxygen atoms in total. The van der Waals surface area contributed by atoms with Crippen molar-refractivity contribution in [1.29, 1.82) is 0 Å². The van der Waals surface area contributed by atoms with Crippen molar-refractivity contribution < 1.29 is 0 Å². The van der Waals surface area contributed by atoms with Gasteiger partial charge >= 0.3 is 0 Å². The molecule has 0 aliphatic carbocycles. The molecule has 0 saturated carbocycles. The standard InChI is InChI=1S/C12H16BrN3OS/c1-4-6-18-7-5-14-10-8-15-16(9(2)3)12(17)11(10)13/h1,8-9,14H,5-7H2,2-3H3. The van der Waals surface area contributed by atoms with Gasteiger partial charge in [-0.05, 0) is 29.8 Å². The summed E-state index contributed by atoms with van der Waals surface area (Å²) in [5.41, 5.74) is 0.601. The summed E-state index contributed by atoms with van der Waals surface area (Å²) >= 11 is 4.98. The van der Waals surface area contributed by atoms with Crippen LogP contribution in [0.4, 0.5) is 5.69 Å². The Morgan fingerprint density at radius 3 is 3.00 bits per heavy atom. The van der Waals surface area contributed by atoms with Gasteiger partial charge in [-0.3, -0.25) is 4.79 Å². The lowest BCUT2D eigenvalue weighted by Crippen LogP contribution is -2.26. The maximum atomic E-state index is 11.9. The zero-order valence-electron chi connectivity index (χ0n) is 10.4. The van der Waals surface area contributed by atoms with Gasteiger partial charge in [0, 0.05) is 12.3 Å². The Bertz CT molecular complexity index is 493. The number of aromatic nitrogens is 2. The third-order valence-electron chi connectivity index (χ3n) is 2.18. The summed E-state index contributed by atoms with van der Waals surface area (Å²) in [6, 6.07) is 0.0500. The molecule has 0 saturated heterocycles. The maximum Gasteiger partial charge on any atom is 0.283 e. The van der Waals surface area contributed by atoms with Crippen LogP contribution in [0.2, 0.25) is 0 Å². The highest BCUT2D eigenvalue weighted by atomic mass is 79.9. The molecule has 0 fully saturated rings. The molecule has 1 rings (SSSR count). The summed E-state index contributed by atoms with van der Waals surface area (Å²) in [5.74, 6) is 4.16. The molecule has 1 N–H and O–H groups in total. The van der Waals surface area contributed by atoms with Crippen LogP contribution in [-0.2, 0) is 0 Å². The van der Waals surface area contributed by atoms with E-state index in [0.717, 1.165) is 18.0 Å². The van der Waals surface area contributed by atoms with E-state index in [1.165, 1.54) is 4.68 Å². The van der Waals surface area contributed by atoms with Gasteiger partial charge in [0.1, 0.15) is 4.47 Å². The van der Waals surface area contributed by atoms with Gasteiger partial charge in [-0.2, -0.15) is 5.10 Å². The quantitative estimate of drug-likeness (QED) is 0.643. The van der Waals surface area contributed by atoms with Gasteiger partial charge in [-0.15, -0.1) is 18.2 Å². The van der Waals surface area contributed by atoms with Crippen molar-refractivity contribution in [2.45, 2.75) is 19.9 Å². The number of thioether (sulfide) groups is 1. The molecule has 0 aromatic carbocycles. The third kappa shape index (κ3) is 4.07. The molecule has 0 atom stereocenters. The summed E-state index contributed by atoms with van der Waals surface area (Å²) in [5, 5.41) is 7.29. The van der Waals surface area contributed by atoms with Crippen molar-refractivity contribution >= 4 is 33.4 Å². The Hall–Kier alpha value is -0.930. The van der Waals surface area contributed by atoms with E-state index in [2.05, 4.69) is 32.3 Å². The first kappa shape index (κ1) is 15.1. The van der Waals surface area contributed by atoms with Crippen LogP contribution in [0.5, 0.6) is 0 Å². The molecule has 0 spiro atoms. The molecule has 6 heteroatoms. The van der Waals surface area contributed by atoms with Crippen molar-refractivity contribution in [3.05, 3.63) is 21.0 Å². The van der Waals surface area contributed by atoms with Crippen LogP contribution in [0.25, 0.3) is 0 Å². The molecule has 1 heterocycles. The molecule has 0 bridgehead atoms. The Balaban J connectivity index is 2.66. The van der Waals surface area contributed by atoms with Gasteiger partial charge in [0.05, 0.1) is 23.7 Å². The fourth-order valence-electron chi connectivity index (χ4n) is 1.32. The summed E-state index contributed by atoms with van der Waals surface area (Å²) < 4.78 is 1.97. The van der Waals surface area contributed by atoms with Crippen LogP contribution in [0, 0.1) is 12.3 Å². The highest BCUT2D eigenvalue weighted by Crippen LogP contribution is 2.17. The minimum atomic E-state index is -0.119. The van der Waals surface area contributed by atoms with Gasteiger partial charge < -0.3 is 5.32 Å². The molecule has 0 radical (unpaired) electrons. The summed E-state index contributed by atoms with van der Waals surface area (Å²) in [6.45, 7) is 4.59. The lowest BCUT2D eigenvalue weighted by molar-refractivity contribution is 0.501. The third-order valence-corrected chi connectivity index (χ3v) is 3.81. The van der Waals surface area contributed by atoms with Gasteiger partial charge in [0.25, 0.3) is 5.56 Å². The molecule has 1 aromatic heterocycles. The van der Waals surface area contributed by atoms with Crippen LogP contribution in [0.3, 0.4) is 0 Å². The number of rotatable bonds is 6. The molecule has 1 aromatic rings. The molecule has 0 aliphatic heterocycles. The molecule has 0 aliphatic rings. The van der Waals surface area contributed by atoms with Gasteiger partial charge in [-0.25, -0.2) is 4.68 Å². The van der Waals surface area contributed by atoms with Gasteiger partial charge in [0.2, 0.25) is 0 Å². The molecule has 98 valence electrons. The topological polar surface area (TPSA) is 46.9 Å². The lowest BCUT2D eigenvalue weighted by Gasteiger charge is -2.12. The summed E-state index contributed by atoms with van der Waals surface area (Å²) in [7, 11) is 0. The molecule has 0 unspecified atom stereocenters. The Labute approximate surface area is 120 Å². The van der Waals surface area contributed by atoms with Crippen molar-refractivity contribution in [2.24, 2.45) is 0 Å². The van der Waals surface area contributed by atoms with Gasteiger partial charge in [-0.1, -0.05) is 5.92 Å². The SMILES string of the molecule is C#CCSCCNc1cnn(C(C)C)c(=O)c1Br. The first-order valence-electron chi connectivity index (χ1n) is 5.60. The van der Waals surface area contributed by atoms with Crippen LogP contribution in [0.15, 0.2) is 15.5 Å². The van der Waals surface area contributed by atoms with Crippen molar-refractivity contribution in [3.63, 3.8) is 0 Å². The number of halogens is 1. The molecule has 0 amide bonds. The number of nitrogens with zero attached hydrogens (tertiary/aromatic N) is 2. The van der Waals surface area contributed by atoms with E-state index in [1.54, 1.807) is 18.0 Å². The smallest absolute Gasteiger partial charge is 0.283 e. The normalized spacial score (nSPS) is 10.4. The number of hydrogen-bond donors (Lipinski definition) is 1. The fourth-order valence-corrected chi connectivity index (χ4v) is 2.26. The van der Waals surface area contributed by atoms with E-state index in [-0.39, 0.29) is 11.6 Å². The van der Waals surface area contributed by atoms with E-state index in [9.17, 15) is 4.79 Å². The van der Waals surface area contributed by atoms with Crippen LogP contribution < -0.4 is 10.9 Å². The fraction of sp³-hybridized carbons (Fsp3) is 0.500. The summed E-state index contributed by atoms with van der Waals surface area (Å²) in [6.07, 6.45) is 6.82. The second kappa shape index (κ2) is 7.49. The Morgan fingerprint density at radius 1 is 1.67 bits per heavy atom. The van der Waals surface area contributed by atoms with E-state index >= 15 is 0 Å². The van der Waals surface area contributed by atoms with E-state index in [1.807, 2.05) is 13.8 Å². The first-order valence-corrected chi connectivity index (χ1v) is 7.55. The minimum Gasteiger partial charge on any atom is -0.382 e. The van der Waals surface area contributed by atoms with Crippen LogP contribution in [-0.4, -0.2) is 27.8 Å². The minimum absolute atomic E-state index is 0.0500. The van der Waals surface area contributed by atoms with Crippen molar-refractivity contribution in [2.75, 3.05) is 23.4 Å². The highest BCUT2D eigenvalue weighted by molar-refractivity contribution is 9.10. The maximum absolute atomic E-state index is 11.9. The summed E-state index contributed by atoms with van der Waals surface area (Å²) in [4.78, 5) is 11.9. The average molecular weight is 330 g/mol.